The van der Waals surface area contributed by atoms with Crippen LogP contribution in [0.5, 0.6) is 0 Å². The van der Waals surface area contributed by atoms with Gasteiger partial charge in [0.1, 0.15) is 10.8 Å². The number of nitrogens with zero attached hydrogens (tertiary/aromatic N) is 1. The molecule has 0 saturated carbocycles. The number of rotatable bonds is 4. The quantitative estimate of drug-likeness (QED) is 0.799. The standard InChI is InChI=1S/C19H21FN2O3S/c1-10-4-5-15(14(20)8-10)21-18-16(11(2)17(26-18)12(3)23)19(25)22-7-6-13(24)9-22/h4-5,8,13,21,24H,6-7,9H2,1-3H3/t13-/m0/s1. The van der Waals surface area contributed by atoms with E-state index in [1.54, 1.807) is 30.9 Å². The van der Waals surface area contributed by atoms with E-state index in [9.17, 15) is 19.1 Å². The lowest BCUT2D eigenvalue weighted by Crippen LogP contribution is -2.30. The molecule has 138 valence electrons. The van der Waals surface area contributed by atoms with E-state index in [0.29, 0.717) is 34.0 Å². The number of aliphatic hydroxyl groups excluding tert-OH is 1. The number of thiophene rings is 1. The van der Waals surface area contributed by atoms with Crippen molar-refractivity contribution in [1.29, 1.82) is 0 Å². The summed E-state index contributed by atoms with van der Waals surface area (Å²) in [4.78, 5) is 27.0. The molecule has 0 radical (unpaired) electrons. The summed E-state index contributed by atoms with van der Waals surface area (Å²) in [6.45, 7) is 5.70. The van der Waals surface area contributed by atoms with Crippen LogP contribution in [0.4, 0.5) is 15.1 Å². The van der Waals surface area contributed by atoms with Crippen LogP contribution < -0.4 is 5.32 Å². The van der Waals surface area contributed by atoms with Crippen LogP contribution in [0.25, 0.3) is 0 Å². The molecule has 7 heteroatoms. The molecule has 0 aliphatic carbocycles. The summed E-state index contributed by atoms with van der Waals surface area (Å²) in [5.41, 5.74) is 2.00. The first-order valence-corrected chi connectivity index (χ1v) is 9.24. The summed E-state index contributed by atoms with van der Waals surface area (Å²) in [6, 6.07) is 4.80. The SMILES string of the molecule is CC(=O)c1sc(Nc2ccc(C)cc2F)c(C(=O)N2CC[C@H](O)C2)c1C. The van der Waals surface area contributed by atoms with Crippen LogP contribution in [0.3, 0.4) is 0 Å². The van der Waals surface area contributed by atoms with Crippen LogP contribution in [-0.4, -0.2) is 40.9 Å². The lowest BCUT2D eigenvalue weighted by molar-refractivity contribution is 0.0765. The zero-order chi connectivity index (χ0) is 19.0. The molecule has 1 saturated heterocycles. The highest BCUT2D eigenvalue weighted by atomic mass is 32.1. The van der Waals surface area contributed by atoms with Gasteiger partial charge >= 0.3 is 0 Å². The second-order valence-electron chi connectivity index (χ2n) is 6.62. The number of amides is 1. The zero-order valence-electron chi connectivity index (χ0n) is 14.9. The number of Topliss-reactive ketones (excluding diaryl/α,β-unsaturated/α-hetero) is 1. The van der Waals surface area contributed by atoms with Crippen molar-refractivity contribution in [2.24, 2.45) is 0 Å². The number of nitrogens with one attached hydrogen (secondary N) is 1. The third-order valence-corrected chi connectivity index (χ3v) is 5.81. The van der Waals surface area contributed by atoms with Gasteiger partial charge in [0.25, 0.3) is 5.91 Å². The number of benzene rings is 1. The van der Waals surface area contributed by atoms with Crippen molar-refractivity contribution < 1.29 is 19.1 Å². The van der Waals surface area contributed by atoms with Gasteiger partial charge in [-0.1, -0.05) is 6.07 Å². The molecule has 1 atom stereocenters. The van der Waals surface area contributed by atoms with Crippen LogP contribution in [0, 0.1) is 19.7 Å². The highest BCUT2D eigenvalue weighted by molar-refractivity contribution is 7.18. The van der Waals surface area contributed by atoms with E-state index in [0.717, 1.165) is 16.9 Å². The van der Waals surface area contributed by atoms with E-state index in [-0.39, 0.29) is 23.9 Å². The Morgan fingerprint density at radius 1 is 1.35 bits per heavy atom. The monoisotopic (exact) mass is 376 g/mol. The first-order valence-electron chi connectivity index (χ1n) is 8.42. The van der Waals surface area contributed by atoms with Crippen molar-refractivity contribution in [2.75, 3.05) is 18.4 Å². The van der Waals surface area contributed by atoms with E-state index < -0.39 is 11.9 Å². The Morgan fingerprint density at radius 3 is 2.65 bits per heavy atom. The molecule has 0 unspecified atom stereocenters. The third kappa shape index (κ3) is 3.50. The highest BCUT2D eigenvalue weighted by Crippen LogP contribution is 2.37. The maximum atomic E-state index is 14.2. The van der Waals surface area contributed by atoms with Crippen molar-refractivity contribution >= 4 is 33.7 Å². The number of hydrogen-bond donors (Lipinski definition) is 2. The van der Waals surface area contributed by atoms with E-state index in [2.05, 4.69) is 5.32 Å². The predicted octanol–water partition coefficient (Wildman–Crippen LogP) is 3.66. The first kappa shape index (κ1) is 18.5. The van der Waals surface area contributed by atoms with Crippen LogP contribution >= 0.6 is 11.3 Å². The van der Waals surface area contributed by atoms with Crippen molar-refractivity contribution in [1.82, 2.24) is 4.90 Å². The highest BCUT2D eigenvalue weighted by Gasteiger charge is 2.31. The van der Waals surface area contributed by atoms with Gasteiger partial charge in [-0.3, -0.25) is 9.59 Å². The summed E-state index contributed by atoms with van der Waals surface area (Å²) in [6.07, 6.45) is 0.000221. The van der Waals surface area contributed by atoms with Gasteiger partial charge in [-0.2, -0.15) is 0 Å². The number of carbonyl (C=O) groups excluding carboxylic acids is 2. The molecule has 0 spiro atoms. The molecule has 1 aromatic heterocycles. The van der Waals surface area contributed by atoms with Crippen LogP contribution in [0.1, 0.15) is 44.5 Å². The number of carbonyl (C=O) groups is 2. The Bertz CT molecular complexity index is 878. The molecule has 2 aromatic rings. The lowest BCUT2D eigenvalue weighted by atomic mass is 10.1. The molecular weight excluding hydrogens is 355 g/mol. The Morgan fingerprint density at radius 2 is 2.08 bits per heavy atom. The molecule has 1 fully saturated rings. The van der Waals surface area contributed by atoms with Crippen LogP contribution in [0.2, 0.25) is 0 Å². The molecule has 26 heavy (non-hydrogen) atoms. The number of likely N-dealkylation sites (tertiary alicyclic amines) is 1. The summed E-state index contributed by atoms with van der Waals surface area (Å²) in [5, 5.41) is 13.1. The maximum Gasteiger partial charge on any atom is 0.257 e. The number of aliphatic hydroxyl groups is 1. The van der Waals surface area contributed by atoms with Crippen LogP contribution in [-0.2, 0) is 0 Å². The average Bonchev–Trinajstić information content (AvgIpc) is 3.13. The first-order chi connectivity index (χ1) is 12.3. The maximum absolute atomic E-state index is 14.2. The largest absolute Gasteiger partial charge is 0.391 e. The molecule has 1 aliphatic rings. The fourth-order valence-electron chi connectivity index (χ4n) is 3.12. The zero-order valence-corrected chi connectivity index (χ0v) is 15.7. The lowest BCUT2D eigenvalue weighted by Gasteiger charge is -2.17. The molecule has 0 bridgehead atoms. The number of ketones is 1. The summed E-state index contributed by atoms with van der Waals surface area (Å²) >= 11 is 1.15. The second kappa shape index (κ2) is 7.17. The fourth-order valence-corrected chi connectivity index (χ4v) is 4.23. The van der Waals surface area contributed by atoms with Gasteiger partial charge in [0, 0.05) is 13.1 Å². The Labute approximate surface area is 155 Å². The van der Waals surface area contributed by atoms with E-state index in [1.807, 2.05) is 0 Å². The number of halogens is 1. The van der Waals surface area contributed by atoms with E-state index in [1.165, 1.54) is 13.0 Å². The number of β-amino-alcohol motifs (C(OH)–C–C–N with tert-alkyl or cyclic N) is 1. The summed E-state index contributed by atoms with van der Waals surface area (Å²) < 4.78 is 14.2. The van der Waals surface area contributed by atoms with Gasteiger partial charge < -0.3 is 15.3 Å². The topological polar surface area (TPSA) is 69.6 Å². The minimum atomic E-state index is -0.531. The van der Waals surface area contributed by atoms with Gasteiger partial charge in [0.2, 0.25) is 0 Å². The number of hydrogen-bond acceptors (Lipinski definition) is 5. The molecule has 2 heterocycles. The van der Waals surface area contributed by atoms with E-state index in [4.69, 9.17) is 0 Å². The summed E-state index contributed by atoms with van der Waals surface area (Å²) in [5.74, 6) is -0.811. The van der Waals surface area contributed by atoms with Gasteiger partial charge in [0.15, 0.2) is 5.78 Å². The van der Waals surface area contributed by atoms with E-state index >= 15 is 0 Å². The van der Waals surface area contributed by atoms with Gasteiger partial charge in [-0.25, -0.2) is 4.39 Å². The third-order valence-electron chi connectivity index (χ3n) is 4.50. The normalized spacial score (nSPS) is 16.8. The smallest absolute Gasteiger partial charge is 0.257 e. The molecule has 1 aromatic carbocycles. The number of anilines is 2. The van der Waals surface area contributed by atoms with Crippen molar-refractivity contribution in [3.63, 3.8) is 0 Å². The Balaban J connectivity index is 2.02. The number of aryl methyl sites for hydroxylation is 1. The minimum Gasteiger partial charge on any atom is -0.391 e. The Hall–Kier alpha value is -2.25. The summed E-state index contributed by atoms with van der Waals surface area (Å²) in [7, 11) is 0. The molecule has 1 aliphatic heterocycles. The average molecular weight is 376 g/mol. The molecule has 2 N–H and O–H groups in total. The fraction of sp³-hybridized carbons (Fsp3) is 0.368. The van der Waals surface area contributed by atoms with Crippen LogP contribution in [0.15, 0.2) is 18.2 Å². The van der Waals surface area contributed by atoms with Gasteiger partial charge in [-0.05, 0) is 50.5 Å². The minimum absolute atomic E-state index is 0.138. The Kier molecular flexibility index (Phi) is 5.11. The molecule has 3 rings (SSSR count). The van der Waals surface area contributed by atoms with Gasteiger partial charge in [0.05, 0.1) is 22.2 Å². The predicted molar refractivity (Wildman–Crippen MR) is 100 cm³/mol. The van der Waals surface area contributed by atoms with Gasteiger partial charge in [-0.15, -0.1) is 11.3 Å². The molecule has 1 amide bonds. The van der Waals surface area contributed by atoms with Crippen molar-refractivity contribution in [2.45, 2.75) is 33.3 Å². The molecule has 5 nitrogen and oxygen atoms in total. The van der Waals surface area contributed by atoms with Crippen molar-refractivity contribution in [3.05, 3.63) is 45.6 Å². The second-order valence-corrected chi connectivity index (χ2v) is 7.64. The van der Waals surface area contributed by atoms with Crippen molar-refractivity contribution in [3.8, 4) is 0 Å². The molecular formula is C19H21FN2O3S.